The molecule has 1 fully saturated rings. The molecule has 1 amide bonds. The molecule has 4 nitrogen and oxygen atoms in total. The molecule has 88 valence electrons. The van der Waals surface area contributed by atoms with Crippen LogP contribution in [0.4, 0.5) is 10.5 Å². The zero-order valence-corrected chi connectivity index (χ0v) is 9.93. The zero-order chi connectivity index (χ0) is 12.4. The van der Waals surface area contributed by atoms with Gasteiger partial charge in [0.05, 0.1) is 12.0 Å². The number of ether oxygens (including phenoxy) is 1. The summed E-state index contributed by atoms with van der Waals surface area (Å²) in [4.78, 5) is 13.2. The first kappa shape index (κ1) is 11.5. The van der Waals surface area contributed by atoms with E-state index in [4.69, 9.17) is 10.00 Å². The lowest BCUT2D eigenvalue weighted by Gasteiger charge is -2.29. The summed E-state index contributed by atoms with van der Waals surface area (Å²) in [5.41, 5.74) is 2.98. The molecular formula is C13H14N2O2. The van der Waals surface area contributed by atoms with Gasteiger partial charge in [-0.2, -0.15) is 5.26 Å². The second-order valence-corrected chi connectivity index (χ2v) is 4.36. The van der Waals surface area contributed by atoms with E-state index in [0.717, 1.165) is 16.8 Å². The molecule has 1 aromatic rings. The monoisotopic (exact) mass is 230 g/mol. The molecule has 1 atom stereocenters. The number of benzene rings is 1. The fourth-order valence-corrected chi connectivity index (χ4v) is 1.99. The minimum absolute atomic E-state index is 0.191. The van der Waals surface area contributed by atoms with Crippen molar-refractivity contribution in [3.63, 3.8) is 0 Å². The number of hydrogen-bond acceptors (Lipinski definition) is 3. The SMILES string of the molecule is Cc1cc(C)cc(N2CC(C#N)COC2=O)c1. The molecule has 0 radical (unpaired) electrons. The third-order valence-electron chi connectivity index (χ3n) is 2.73. The number of anilines is 1. The van der Waals surface area contributed by atoms with Crippen molar-refractivity contribution in [2.75, 3.05) is 18.1 Å². The van der Waals surface area contributed by atoms with E-state index in [2.05, 4.69) is 6.07 Å². The maximum absolute atomic E-state index is 11.7. The van der Waals surface area contributed by atoms with Gasteiger partial charge in [-0.25, -0.2) is 4.79 Å². The van der Waals surface area contributed by atoms with Crippen molar-refractivity contribution in [1.82, 2.24) is 0 Å². The first-order chi connectivity index (χ1) is 8.10. The highest BCUT2D eigenvalue weighted by Crippen LogP contribution is 2.23. The van der Waals surface area contributed by atoms with Crippen LogP contribution in [0.5, 0.6) is 0 Å². The van der Waals surface area contributed by atoms with Crippen molar-refractivity contribution in [2.24, 2.45) is 5.92 Å². The molecule has 4 heteroatoms. The average molecular weight is 230 g/mol. The molecule has 1 aliphatic heterocycles. The summed E-state index contributed by atoms with van der Waals surface area (Å²) in [5.74, 6) is -0.256. The molecule has 1 saturated heterocycles. The van der Waals surface area contributed by atoms with E-state index in [1.165, 1.54) is 4.90 Å². The number of hydrogen-bond donors (Lipinski definition) is 0. The first-order valence-corrected chi connectivity index (χ1v) is 5.52. The van der Waals surface area contributed by atoms with E-state index in [1.54, 1.807) is 0 Å². The molecule has 1 heterocycles. The minimum Gasteiger partial charge on any atom is -0.448 e. The molecule has 2 rings (SSSR count). The summed E-state index contributed by atoms with van der Waals surface area (Å²) in [6, 6.07) is 8.03. The predicted octanol–water partition coefficient (Wildman–Crippen LogP) is 2.40. The number of aryl methyl sites for hydroxylation is 2. The second-order valence-electron chi connectivity index (χ2n) is 4.36. The van der Waals surface area contributed by atoms with Crippen LogP contribution in [0.25, 0.3) is 0 Å². The Morgan fingerprint density at radius 1 is 1.35 bits per heavy atom. The highest BCUT2D eigenvalue weighted by Gasteiger charge is 2.28. The van der Waals surface area contributed by atoms with Crippen LogP contribution in [-0.4, -0.2) is 19.2 Å². The molecule has 1 aromatic carbocycles. The first-order valence-electron chi connectivity index (χ1n) is 5.52. The van der Waals surface area contributed by atoms with Gasteiger partial charge in [0, 0.05) is 12.2 Å². The van der Waals surface area contributed by atoms with Gasteiger partial charge in [-0.05, 0) is 37.1 Å². The smallest absolute Gasteiger partial charge is 0.414 e. The lowest BCUT2D eigenvalue weighted by Crippen LogP contribution is -2.42. The normalized spacial score (nSPS) is 19.7. The molecule has 0 bridgehead atoms. The lowest BCUT2D eigenvalue weighted by atomic mass is 10.1. The Morgan fingerprint density at radius 2 is 2.00 bits per heavy atom. The third-order valence-corrected chi connectivity index (χ3v) is 2.73. The number of amides is 1. The van der Waals surface area contributed by atoms with Gasteiger partial charge < -0.3 is 4.74 Å². The van der Waals surface area contributed by atoms with Crippen molar-refractivity contribution in [1.29, 1.82) is 5.26 Å². The Morgan fingerprint density at radius 3 is 2.59 bits per heavy atom. The molecule has 0 aromatic heterocycles. The second kappa shape index (κ2) is 4.46. The van der Waals surface area contributed by atoms with E-state index >= 15 is 0 Å². The summed E-state index contributed by atoms with van der Waals surface area (Å²) in [6.45, 7) is 4.55. The number of carbonyl (C=O) groups is 1. The van der Waals surface area contributed by atoms with Crippen LogP contribution < -0.4 is 4.90 Å². The number of nitrogens with zero attached hydrogens (tertiary/aromatic N) is 2. The van der Waals surface area contributed by atoms with Crippen molar-refractivity contribution >= 4 is 11.8 Å². The Hall–Kier alpha value is -2.02. The Kier molecular flexibility index (Phi) is 3.01. The van der Waals surface area contributed by atoms with E-state index < -0.39 is 0 Å². The molecular weight excluding hydrogens is 216 g/mol. The summed E-state index contributed by atoms with van der Waals surface area (Å²) < 4.78 is 4.99. The van der Waals surface area contributed by atoms with E-state index in [1.807, 2.05) is 32.0 Å². The van der Waals surface area contributed by atoms with E-state index in [0.29, 0.717) is 6.54 Å². The van der Waals surface area contributed by atoms with Crippen LogP contribution in [-0.2, 0) is 4.74 Å². The maximum Gasteiger partial charge on any atom is 0.414 e. The summed E-state index contributed by atoms with van der Waals surface area (Å²) >= 11 is 0. The minimum atomic E-state index is -0.374. The van der Waals surface area contributed by atoms with Crippen LogP contribution in [0.15, 0.2) is 18.2 Å². The molecule has 0 N–H and O–H groups in total. The standard InChI is InChI=1S/C13H14N2O2/c1-9-3-10(2)5-12(4-9)15-7-11(6-14)8-17-13(15)16/h3-5,11H,7-8H2,1-2H3. The lowest BCUT2D eigenvalue weighted by molar-refractivity contribution is 0.127. The molecule has 17 heavy (non-hydrogen) atoms. The predicted molar refractivity (Wildman–Crippen MR) is 63.7 cm³/mol. The van der Waals surface area contributed by atoms with Crippen molar-refractivity contribution in [2.45, 2.75) is 13.8 Å². The van der Waals surface area contributed by atoms with Gasteiger partial charge in [-0.3, -0.25) is 4.90 Å². The highest BCUT2D eigenvalue weighted by atomic mass is 16.6. The van der Waals surface area contributed by atoms with Gasteiger partial charge in [0.25, 0.3) is 0 Å². The van der Waals surface area contributed by atoms with Gasteiger partial charge >= 0.3 is 6.09 Å². The fraction of sp³-hybridized carbons (Fsp3) is 0.385. The number of nitriles is 1. The number of rotatable bonds is 1. The van der Waals surface area contributed by atoms with Crippen molar-refractivity contribution in [3.05, 3.63) is 29.3 Å². The fourth-order valence-electron chi connectivity index (χ4n) is 1.99. The summed E-state index contributed by atoms with van der Waals surface area (Å²) in [6.07, 6.45) is -0.374. The summed E-state index contributed by atoms with van der Waals surface area (Å²) in [5, 5.41) is 8.88. The maximum atomic E-state index is 11.7. The van der Waals surface area contributed by atoms with Gasteiger partial charge in [0.2, 0.25) is 0 Å². The van der Waals surface area contributed by atoms with Crippen molar-refractivity contribution in [3.8, 4) is 6.07 Å². The van der Waals surface area contributed by atoms with Crippen LogP contribution in [0.1, 0.15) is 11.1 Å². The number of carbonyl (C=O) groups excluding carboxylic acids is 1. The van der Waals surface area contributed by atoms with Crippen LogP contribution in [0, 0.1) is 31.1 Å². The molecule has 0 aliphatic carbocycles. The molecule has 0 spiro atoms. The topological polar surface area (TPSA) is 53.3 Å². The van der Waals surface area contributed by atoms with E-state index in [9.17, 15) is 4.79 Å². The molecule has 1 unspecified atom stereocenters. The van der Waals surface area contributed by atoms with E-state index in [-0.39, 0.29) is 18.6 Å². The van der Waals surface area contributed by atoms with Gasteiger partial charge in [-0.1, -0.05) is 6.07 Å². The zero-order valence-electron chi connectivity index (χ0n) is 9.93. The van der Waals surface area contributed by atoms with Crippen LogP contribution >= 0.6 is 0 Å². The Bertz CT molecular complexity index is 470. The van der Waals surface area contributed by atoms with Crippen molar-refractivity contribution < 1.29 is 9.53 Å². The highest BCUT2D eigenvalue weighted by molar-refractivity contribution is 5.88. The average Bonchev–Trinajstić information content (AvgIpc) is 2.28. The Balaban J connectivity index is 2.31. The van der Waals surface area contributed by atoms with Gasteiger partial charge in [-0.15, -0.1) is 0 Å². The Labute approximate surface area is 100 Å². The number of cyclic esters (lactones) is 1. The summed E-state index contributed by atoms with van der Waals surface area (Å²) in [7, 11) is 0. The quantitative estimate of drug-likeness (QED) is 0.744. The molecule has 1 aliphatic rings. The van der Waals surface area contributed by atoms with Gasteiger partial charge in [0.1, 0.15) is 6.61 Å². The van der Waals surface area contributed by atoms with Crippen LogP contribution in [0.2, 0.25) is 0 Å². The largest absolute Gasteiger partial charge is 0.448 e. The van der Waals surface area contributed by atoms with Gasteiger partial charge in [0.15, 0.2) is 0 Å². The third kappa shape index (κ3) is 2.39. The van der Waals surface area contributed by atoms with Crippen LogP contribution in [0.3, 0.4) is 0 Å². The molecule has 0 saturated carbocycles.